The van der Waals surface area contributed by atoms with E-state index in [2.05, 4.69) is 15.5 Å². The number of aryl methyl sites for hydroxylation is 3. The van der Waals surface area contributed by atoms with Crippen molar-refractivity contribution in [2.45, 2.75) is 38.9 Å². The van der Waals surface area contributed by atoms with Crippen LogP contribution in [0.5, 0.6) is 0 Å². The minimum Gasteiger partial charge on any atom is -0.325 e. The Hall–Kier alpha value is -2.84. The van der Waals surface area contributed by atoms with Crippen LogP contribution in [0, 0.1) is 13.8 Å². The van der Waals surface area contributed by atoms with E-state index in [4.69, 9.17) is 11.6 Å². The molecule has 0 saturated carbocycles. The molecule has 4 rings (SSSR count). The van der Waals surface area contributed by atoms with Gasteiger partial charge in [-0.1, -0.05) is 48.0 Å². The van der Waals surface area contributed by atoms with Crippen LogP contribution in [0.1, 0.15) is 24.5 Å². The number of nitrogens with zero attached hydrogens (tertiary/aromatic N) is 4. The molecule has 2 aromatic heterocycles. The third-order valence-corrected chi connectivity index (χ3v) is 6.13. The zero-order chi connectivity index (χ0) is 22.1. The molecule has 4 aromatic rings. The van der Waals surface area contributed by atoms with E-state index in [0.717, 1.165) is 23.2 Å². The quantitative estimate of drug-likeness (QED) is 0.434. The summed E-state index contributed by atoms with van der Waals surface area (Å²) >= 11 is 7.41. The van der Waals surface area contributed by atoms with Gasteiger partial charge in [-0.15, -0.1) is 10.2 Å². The molecule has 0 atom stereocenters. The highest BCUT2D eigenvalue weighted by Crippen LogP contribution is 2.24. The summed E-state index contributed by atoms with van der Waals surface area (Å²) in [5.74, 6) is 0.484. The van der Waals surface area contributed by atoms with Crippen molar-refractivity contribution in [3.63, 3.8) is 0 Å². The van der Waals surface area contributed by atoms with Gasteiger partial charge in [0.05, 0.1) is 16.7 Å². The zero-order valence-electron chi connectivity index (χ0n) is 17.5. The number of carbonyl (C=O) groups is 1. The smallest absolute Gasteiger partial charge is 0.262 e. The predicted octanol–water partition coefficient (Wildman–Crippen LogP) is 4.46. The third-order valence-electron chi connectivity index (χ3n) is 4.97. The number of thioether (sulfide) groups is 1. The van der Waals surface area contributed by atoms with Crippen molar-refractivity contribution >= 4 is 51.6 Å². The molecule has 0 saturated heterocycles. The maximum absolute atomic E-state index is 13.0. The molecular formula is C22H22ClN5O2S. The molecule has 0 spiro atoms. The lowest BCUT2D eigenvalue weighted by atomic mass is 10.1. The maximum atomic E-state index is 13.0. The van der Waals surface area contributed by atoms with Crippen molar-refractivity contribution in [2.75, 3.05) is 11.1 Å². The number of benzene rings is 2. The monoisotopic (exact) mass is 455 g/mol. The number of halogens is 1. The molecule has 1 N–H and O–H groups in total. The Morgan fingerprint density at radius 3 is 2.71 bits per heavy atom. The van der Waals surface area contributed by atoms with Gasteiger partial charge in [-0.25, -0.2) is 0 Å². The summed E-state index contributed by atoms with van der Waals surface area (Å²) in [5, 5.41) is 13.0. The number of rotatable bonds is 6. The van der Waals surface area contributed by atoms with Crippen LogP contribution in [0.25, 0.3) is 16.7 Å². The molecule has 0 aliphatic carbocycles. The number of aromatic nitrogens is 4. The van der Waals surface area contributed by atoms with Crippen molar-refractivity contribution in [3.8, 4) is 0 Å². The van der Waals surface area contributed by atoms with Crippen LogP contribution < -0.4 is 10.9 Å². The van der Waals surface area contributed by atoms with E-state index in [1.54, 1.807) is 22.8 Å². The Kier molecular flexibility index (Phi) is 6.02. The Morgan fingerprint density at radius 2 is 1.97 bits per heavy atom. The van der Waals surface area contributed by atoms with Gasteiger partial charge in [0.2, 0.25) is 11.7 Å². The summed E-state index contributed by atoms with van der Waals surface area (Å²) in [6.45, 7) is 6.49. The van der Waals surface area contributed by atoms with Crippen molar-refractivity contribution in [1.29, 1.82) is 0 Å². The normalized spacial score (nSPS) is 11.4. The van der Waals surface area contributed by atoms with Crippen LogP contribution in [-0.2, 0) is 11.3 Å². The first kappa shape index (κ1) is 21.4. The number of hydrogen-bond acceptors (Lipinski definition) is 5. The van der Waals surface area contributed by atoms with Gasteiger partial charge in [0.15, 0.2) is 5.16 Å². The van der Waals surface area contributed by atoms with E-state index in [-0.39, 0.29) is 17.2 Å². The number of fused-ring (bicyclic) bond motifs is 3. The van der Waals surface area contributed by atoms with Gasteiger partial charge in [0, 0.05) is 17.3 Å². The second-order valence-corrected chi connectivity index (χ2v) is 8.77. The molecule has 1 amide bonds. The lowest BCUT2D eigenvalue weighted by molar-refractivity contribution is -0.113. The molecule has 9 heteroatoms. The molecule has 0 fully saturated rings. The van der Waals surface area contributed by atoms with E-state index in [9.17, 15) is 9.59 Å². The number of amides is 1. The molecule has 0 unspecified atom stereocenters. The van der Waals surface area contributed by atoms with Gasteiger partial charge in [-0.05, 0) is 50.1 Å². The summed E-state index contributed by atoms with van der Waals surface area (Å²) in [6, 6.07) is 11.1. The second kappa shape index (κ2) is 8.72. The van der Waals surface area contributed by atoms with E-state index in [0.29, 0.717) is 33.4 Å². The number of carbonyl (C=O) groups excluding carboxylic acids is 1. The van der Waals surface area contributed by atoms with Crippen molar-refractivity contribution in [3.05, 3.63) is 62.9 Å². The van der Waals surface area contributed by atoms with Gasteiger partial charge < -0.3 is 5.32 Å². The van der Waals surface area contributed by atoms with Crippen molar-refractivity contribution in [2.24, 2.45) is 0 Å². The molecule has 2 aromatic carbocycles. The molecular weight excluding hydrogens is 434 g/mol. The average molecular weight is 456 g/mol. The van der Waals surface area contributed by atoms with Crippen LogP contribution in [0.3, 0.4) is 0 Å². The van der Waals surface area contributed by atoms with Crippen molar-refractivity contribution in [1.82, 2.24) is 19.2 Å². The molecule has 0 aliphatic heterocycles. The Morgan fingerprint density at radius 1 is 1.16 bits per heavy atom. The minimum absolute atomic E-state index is 0.136. The highest BCUT2D eigenvalue weighted by molar-refractivity contribution is 7.99. The number of anilines is 1. The van der Waals surface area contributed by atoms with Crippen LogP contribution in [0.15, 0.2) is 46.3 Å². The molecule has 0 radical (unpaired) electrons. The van der Waals surface area contributed by atoms with Crippen LogP contribution in [0.2, 0.25) is 5.02 Å². The second-order valence-electron chi connectivity index (χ2n) is 7.39. The van der Waals surface area contributed by atoms with E-state index in [1.807, 2.05) is 43.4 Å². The molecule has 31 heavy (non-hydrogen) atoms. The third kappa shape index (κ3) is 4.18. The topological polar surface area (TPSA) is 81.3 Å². The molecule has 7 nitrogen and oxygen atoms in total. The van der Waals surface area contributed by atoms with Gasteiger partial charge in [-0.3, -0.25) is 18.6 Å². The molecule has 160 valence electrons. The van der Waals surface area contributed by atoms with E-state index in [1.165, 1.54) is 11.8 Å². The Bertz CT molecular complexity index is 1360. The highest BCUT2D eigenvalue weighted by Gasteiger charge is 2.18. The van der Waals surface area contributed by atoms with E-state index >= 15 is 0 Å². The van der Waals surface area contributed by atoms with Gasteiger partial charge in [0.1, 0.15) is 0 Å². The lowest BCUT2D eigenvalue weighted by Gasteiger charge is -2.11. The first-order valence-electron chi connectivity index (χ1n) is 9.96. The van der Waals surface area contributed by atoms with Crippen LogP contribution in [-0.4, -0.2) is 30.8 Å². The predicted molar refractivity (Wildman–Crippen MR) is 125 cm³/mol. The summed E-state index contributed by atoms with van der Waals surface area (Å²) in [5.41, 5.74) is 3.46. The summed E-state index contributed by atoms with van der Waals surface area (Å²) in [6.07, 6.45) is 0.773. The van der Waals surface area contributed by atoms with Gasteiger partial charge >= 0.3 is 0 Å². The summed E-state index contributed by atoms with van der Waals surface area (Å²) in [7, 11) is 0. The number of nitrogens with one attached hydrogen (secondary N) is 1. The molecule has 0 aliphatic rings. The fourth-order valence-corrected chi connectivity index (χ4v) is 4.46. The standard InChI is InChI=1S/C22H22ClN5O2S/c1-4-9-27-20(30)16-11-15(23)6-8-18(16)28-21(27)25-26-22(28)31-12-19(29)24-17-7-5-13(2)10-14(17)3/h5-8,10-11H,4,9,12H2,1-3H3,(H,24,29). The largest absolute Gasteiger partial charge is 0.325 e. The van der Waals surface area contributed by atoms with Gasteiger partial charge in [0.25, 0.3) is 5.56 Å². The Labute approximate surface area is 188 Å². The fourth-order valence-electron chi connectivity index (χ4n) is 3.55. The molecule has 2 heterocycles. The molecule has 0 bridgehead atoms. The highest BCUT2D eigenvalue weighted by atomic mass is 35.5. The maximum Gasteiger partial charge on any atom is 0.262 e. The fraction of sp³-hybridized carbons (Fsp3) is 0.273. The van der Waals surface area contributed by atoms with E-state index < -0.39 is 0 Å². The average Bonchev–Trinajstić information content (AvgIpc) is 3.15. The number of hydrogen-bond donors (Lipinski definition) is 1. The van der Waals surface area contributed by atoms with Gasteiger partial charge in [-0.2, -0.15) is 0 Å². The van der Waals surface area contributed by atoms with Crippen molar-refractivity contribution < 1.29 is 4.79 Å². The lowest BCUT2D eigenvalue weighted by Crippen LogP contribution is -2.23. The van der Waals surface area contributed by atoms with Crippen LogP contribution in [0.4, 0.5) is 5.69 Å². The minimum atomic E-state index is -0.150. The summed E-state index contributed by atoms with van der Waals surface area (Å²) in [4.78, 5) is 25.5. The Balaban J connectivity index is 1.67. The first-order valence-corrected chi connectivity index (χ1v) is 11.3. The first-order chi connectivity index (χ1) is 14.9. The van der Waals surface area contributed by atoms with Crippen LogP contribution >= 0.6 is 23.4 Å². The zero-order valence-corrected chi connectivity index (χ0v) is 19.0. The SMILES string of the molecule is CCCn1c(=O)c2cc(Cl)ccc2n2c(SCC(=O)Nc3ccc(C)cc3C)nnc12. The summed E-state index contributed by atoms with van der Waals surface area (Å²) < 4.78 is 3.42.